The van der Waals surface area contributed by atoms with Gasteiger partial charge in [0.25, 0.3) is 0 Å². The molecule has 20 heavy (non-hydrogen) atoms. The van der Waals surface area contributed by atoms with Crippen LogP contribution < -0.4 is 0 Å². The summed E-state index contributed by atoms with van der Waals surface area (Å²) in [6.07, 6.45) is 1.07. The van der Waals surface area contributed by atoms with Gasteiger partial charge in [-0.3, -0.25) is 0 Å². The van der Waals surface area contributed by atoms with Crippen LogP contribution in [0, 0.1) is 6.92 Å². The standard InChI is InChI=1S/C16H17ClN2S/c1-3-12-7-8-20-14(12)10-19-15(9-17)18-13-6-4-5-11(2)16(13)19/h4-8H,3,9-10H2,1-2H3. The van der Waals surface area contributed by atoms with Gasteiger partial charge in [-0.05, 0) is 42.0 Å². The molecular formula is C16H17ClN2S. The molecule has 0 N–H and O–H groups in total. The number of hydrogen-bond donors (Lipinski definition) is 0. The zero-order valence-corrected chi connectivity index (χ0v) is 13.3. The fraction of sp³-hybridized carbons (Fsp3) is 0.312. The highest BCUT2D eigenvalue weighted by Gasteiger charge is 2.13. The van der Waals surface area contributed by atoms with Gasteiger partial charge in [-0.2, -0.15) is 0 Å². The molecule has 0 aliphatic heterocycles. The molecule has 4 heteroatoms. The molecule has 0 fully saturated rings. The van der Waals surface area contributed by atoms with Crippen LogP contribution in [0.4, 0.5) is 0 Å². The van der Waals surface area contributed by atoms with E-state index >= 15 is 0 Å². The molecule has 0 aliphatic carbocycles. The van der Waals surface area contributed by atoms with Gasteiger partial charge < -0.3 is 4.57 Å². The van der Waals surface area contributed by atoms with Crippen LogP contribution in [0.25, 0.3) is 11.0 Å². The quantitative estimate of drug-likeness (QED) is 0.636. The number of nitrogens with zero attached hydrogens (tertiary/aromatic N) is 2. The summed E-state index contributed by atoms with van der Waals surface area (Å²) in [5.74, 6) is 1.40. The summed E-state index contributed by atoms with van der Waals surface area (Å²) in [6.45, 7) is 5.20. The van der Waals surface area contributed by atoms with Gasteiger partial charge in [0.2, 0.25) is 0 Å². The third kappa shape index (κ3) is 2.25. The lowest BCUT2D eigenvalue weighted by molar-refractivity contribution is 0.780. The number of para-hydroxylation sites is 1. The lowest BCUT2D eigenvalue weighted by Gasteiger charge is -2.09. The number of fused-ring (bicyclic) bond motifs is 1. The van der Waals surface area contributed by atoms with Crippen molar-refractivity contribution >= 4 is 34.0 Å². The second-order valence-corrected chi connectivity index (χ2v) is 6.18. The Bertz CT molecular complexity index is 742. The number of aromatic nitrogens is 2. The Kier molecular flexibility index (Phi) is 3.81. The number of thiophene rings is 1. The van der Waals surface area contributed by atoms with Crippen LogP contribution >= 0.6 is 22.9 Å². The maximum absolute atomic E-state index is 6.09. The molecule has 2 aromatic heterocycles. The first-order chi connectivity index (χ1) is 9.74. The van der Waals surface area contributed by atoms with Gasteiger partial charge in [-0.1, -0.05) is 19.1 Å². The summed E-state index contributed by atoms with van der Waals surface area (Å²) in [6, 6.07) is 8.46. The minimum absolute atomic E-state index is 0.445. The van der Waals surface area contributed by atoms with Crippen LogP contribution in [0.1, 0.15) is 28.8 Å². The fourth-order valence-corrected chi connectivity index (χ4v) is 3.82. The molecular weight excluding hydrogens is 288 g/mol. The Labute approximate surface area is 128 Å². The van der Waals surface area contributed by atoms with E-state index in [1.54, 1.807) is 0 Å². The Balaban J connectivity index is 2.14. The van der Waals surface area contributed by atoms with E-state index in [0.717, 1.165) is 24.3 Å². The van der Waals surface area contributed by atoms with Gasteiger partial charge in [0.15, 0.2) is 0 Å². The highest BCUT2D eigenvalue weighted by atomic mass is 35.5. The zero-order chi connectivity index (χ0) is 14.1. The van der Waals surface area contributed by atoms with Crippen molar-refractivity contribution in [2.45, 2.75) is 32.7 Å². The molecule has 0 spiro atoms. The molecule has 1 aromatic carbocycles. The number of alkyl halides is 1. The van der Waals surface area contributed by atoms with E-state index < -0.39 is 0 Å². The average Bonchev–Trinajstić information content (AvgIpc) is 3.04. The van der Waals surface area contributed by atoms with E-state index in [1.807, 2.05) is 11.3 Å². The van der Waals surface area contributed by atoms with E-state index in [9.17, 15) is 0 Å². The van der Waals surface area contributed by atoms with Crippen LogP contribution in [0.5, 0.6) is 0 Å². The van der Waals surface area contributed by atoms with E-state index in [0.29, 0.717) is 5.88 Å². The molecule has 2 heterocycles. The van der Waals surface area contributed by atoms with E-state index in [2.05, 4.69) is 53.0 Å². The molecule has 0 saturated carbocycles. The zero-order valence-electron chi connectivity index (χ0n) is 11.7. The topological polar surface area (TPSA) is 17.8 Å². The van der Waals surface area contributed by atoms with Crippen molar-refractivity contribution in [2.75, 3.05) is 0 Å². The molecule has 2 nitrogen and oxygen atoms in total. The van der Waals surface area contributed by atoms with Crippen molar-refractivity contribution in [3.63, 3.8) is 0 Å². The Morgan fingerprint density at radius 2 is 2.15 bits per heavy atom. The summed E-state index contributed by atoms with van der Waals surface area (Å²) in [4.78, 5) is 6.07. The second-order valence-electron chi connectivity index (χ2n) is 4.91. The summed E-state index contributed by atoms with van der Waals surface area (Å²) in [7, 11) is 0. The summed E-state index contributed by atoms with van der Waals surface area (Å²) >= 11 is 7.90. The predicted octanol–water partition coefficient (Wildman–Crippen LogP) is 4.76. The third-order valence-corrected chi connectivity index (χ3v) is 4.87. The molecule has 0 radical (unpaired) electrons. The Morgan fingerprint density at radius 3 is 2.90 bits per heavy atom. The van der Waals surface area contributed by atoms with Crippen LogP contribution in [0.2, 0.25) is 0 Å². The molecule has 3 rings (SSSR count). The largest absolute Gasteiger partial charge is 0.321 e. The minimum atomic E-state index is 0.445. The minimum Gasteiger partial charge on any atom is -0.321 e. The monoisotopic (exact) mass is 304 g/mol. The van der Waals surface area contributed by atoms with Gasteiger partial charge in [0.05, 0.1) is 23.5 Å². The highest BCUT2D eigenvalue weighted by molar-refractivity contribution is 7.10. The predicted molar refractivity (Wildman–Crippen MR) is 86.8 cm³/mol. The summed E-state index contributed by atoms with van der Waals surface area (Å²) in [5.41, 5.74) is 4.92. The Morgan fingerprint density at radius 1 is 1.30 bits per heavy atom. The van der Waals surface area contributed by atoms with E-state index in [1.165, 1.54) is 21.5 Å². The van der Waals surface area contributed by atoms with Crippen molar-refractivity contribution in [1.82, 2.24) is 9.55 Å². The maximum atomic E-state index is 6.09. The average molecular weight is 305 g/mol. The molecule has 0 aliphatic rings. The van der Waals surface area contributed by atoms with Crippen molar-refractivity contribution < 1.29 is 0 Å². The van der Waals surface area contributed by atoms with Gasteiger partial charge in [-0.25, -0.2) is 4.98 Å². The number of hydrogen-bond acceptors (Lipinski definition) is 2. The molecule has 0 saturated heterocycles. The SMILES string of the molecule is CCc1ccsc1Cn1c(CCl)nc2cccc(C)c21. The number of benzene rings is 1. The normalized spacial score (nSPS) is 11.3. The van der Waals surface area contributed by atoms with Crippen LogP contribution in [0.3, 0.4) is 0 Å². The van der Waals surface area contributed by atoms with E-state index in [4.69, 9.17) is 11.6 Å². The number of halogens is 1. The van der Waals surface area contributed by atoms with Crippen molar-refractivity contribution in [2.24, 2.45) is 0 Å². The smallest absolute Gasteiger partial charge is 0.125 e. The van der Waals surface area contributed by atoms with Gasteiger partial charge in [0, 0.05) is 4.88 Å². The first-order valence-electron chi connectivity index (χ1n) is 6.80. The number of aryl methyl sites for hydroxylation is 2. The fourth-order valence-electron chi connectivity index (χ4n) is 2.65. The van der Waals surface area contributed by atoms with Crippen LogP contribution in [-0.4, -0.2) is 9.55 Å². The molecule has 104 valence electrons. The summed E-state index contributed by atoms with van der Waals surface area (Å²) in [5, 5.41) is 2.17. The first-order valence-corrected chi connectivity index (χ1v) is 8.22. The Hall–Kier alpha value is -1.32. The number of imidazole rings is 1. The lowest BCUT2D eigenvalue weighted by atomic mass is 10.2. The van der Waals surface area contributed by atoms with Crippen LogP contribution in [-0.2, 0) is 18.8 Å². The molecule has 0 bridgehead atoms. The van der Waals surface area contributed by atoms with Gasteiger partial charge >= 0.3 is 0 Å². The highest BCUT2D eigenvalue weighted by Crippen LogP contribution is 2.25. The first kappa shape index (κ1) is 13.7. The van der Waals surface area contributed by atoms with Crippen molar-refractivity contribution in [3.8, 4) is 0 Å². The molecule has 0 unspecified atom stereocenters. The van der Waals surface area contributed by atoms with Gasteiger partial charge in [0.1, 0.15) is 5.82 Å². The van der Waals surface area contributed by atoms with Crippen molar-refractivity contribution in [3.05, 3.63) is 51.5 Å². The van der Waals surface area contributed by atoms with Gasteiger partial charge in [-0.15, -0.1) is 22.9 Å². The third-order valence-electron chi connectivity index (χ3n) is 3.69. The van der Waals surface area contributed by atoms with Crippen LogP contribution in [0.15, 0.2) is 29.6 Å². The van der Waals surface area contributed by atoms with E-state index in [-0.39, 0.29) is 0 Å². The maximum Gasteiger partial charge on any atom is 0.125 e. The second kappa shape index (κ2) is 5.58. The number of rotatable bonds is 4. The lowest BCUT2D eigenvalue weighted by Crippen LogP contribution is -2.04. The van der Waals surface area contributed by atoms with Crippen molar-refractivity contribution in [1.29, 1.82) is 0 Å². The summed E-state index contributed by atoms with van der Waals surface area (Å²) < 4.78 is 2.27. The molecule has 0 atom stereocenters. The molecule has 0 amide bonds. The molecule has 3 aromatic rings.